The Balaban J connectivity index is 0.00000176. The van der Waals surface area contributed by atoms with Gasteiger partial charge in [-0.15, -0.1) is 0 Å². The Labute approximate surface area is 125 Å². The second-order valence-corrected chi connectivity index (χ2v) is 4.72. The largest absolute Gasteiger partial charge is 0.370 e. The summed E-state index contributed by atoms with van der Waals surface area (Å²) in [6.45, 7) is 0.376. The summed E-state index contributed by atoms with van der Waals surface area (Å²) in [5.74, 6) is -2.20. The van der Waals surface area contributed by atoms with Crippen LogP contribution < -0.4 is 5.73 Å². The van der Waals surface area contributed by atoms with Crippen LogP contribution in [0.15, 0.2) is 30.7 Å². The molecule has 0 spiro atoms. The SMILES string of the molecule is C.NC(=O)CCn1cc(-c2c[nH]c3cc(F)c(F)cc23)cn1. The number of nitrogens with zero attached hydrogens (tertiary/aromatic N) is 2. The topological polar surface area (TPSA) is 76.7 Å². The maximum Gasteiger partial charge on any atom is 0.219 e. The third-order valence-corrected chi connectivity index (χ3v) is 3.25. The number of carbonyl (C=O) groups is 1. The lowest BCUT2D eigenvalue weighted by atomic mass is 10.1. The van der Waals surface area contributed by atoms with Gasteiger partial charge in [-0.3, -0.25) is 9.48 Å². The van der Waals surface area contributed by atoms with Gasteiger partial charge in [-0.1, -0.05) is 7.43 Å². The molecule has 0 saturated heterocycles. The van der Waals surface area contributed by atoms with Crippen molar-refractivity contribution in [2.24, 2.45) is 5.73 Å². The zero-order chi connectivity index (χ0) is 15.0. The fraction of sp³-hybridized carbons (Fsp3) is 0.200. The van der Waals surface area contributed by atoms with Crippen molar-refractivity contribution in [3.8, 4) is 11.1 Å². The summed E-state index contributed by atoms with van der Waals surface area (Å²) in [5.41, 5.74) is 7.06. The van der Waals surface area contributed by atoms with Gasteiger partial charge in [0.05, 0.1) is 6.20 Å². The highest BCUT2D eigenvalue weighted by atomic mass is 19.2. The second kappa shape index (κ2) is 5.97. The minimum Gasteiger partial charge on any atom is -0.370 e. The lowest BCUT2D eigenvalue weighted by Gasteiger charge is -1.98. The zero-order valence-corrected chi connectivity index (χ0v) is 10.9. The second-order valence-electron chi connectivity index (χ2n) is 4.72. The van der Waals surface area contributed by atoms with Crippen molar-refractivity contribution < 1.29 is 13.6 Å². The number of H-pyrrole nitrogens is 1. The summed E-state index contributed by atoms with van der Waals surface area (Å²) in [6.07, 6.45) is 5.19. The van der Waals surface area contributed by atoms with E-state index in [1.165, 1.54) is 0 Å². The number of aromatic amines is 1. The number of hydrogen-bond acceptors (Lipinski definition) is 2. The molecule has 22 heavy (non-hydrogen) atoms. The number of halogens is 2. The van der Waals surface area contributed by atoms with Gasteiger partial charge in [0.2, 0.25) is 5.91 Å². The normalized spacial score (nSPS) is 10.6. The van der Waals surface area contributed by atoms with Gasteiger partial charge in [0, 0.05) is 53.5 Å². The number of nitrogens with two attached hydrogens (primary N) is 1. The van der Waals surface area contributed by atoms with Crippen LogP contribution in [0.25, 0.3) is 22.0 Å². The maximum absolute atomic E-state index is 13.4. The van der Waals surface area contributed by atoms with Gasteiger partial charge in [-0.05, 0) is 6.07 Å². The summed E-state index contributed by atoms with van der Waals surface area (Å²) in [7, 11) is 0. The zero-order valence-electron chi connectivity index (χ0n) is 10.9. The molecule has 2 heterocycles. The molecule has 3 N–H and O–H groups in total. The molecule has 116 valence electrons. The molecule has 3 aromatic rings. The van der Waals surface area contributed by atoms with Crippen LogP contribution in [0.2, 0.25) is 0 Å². The number of carbonyl (C=O) groups excluding carboxylic acids is 1. The van der Waals surface area contributed by atoms with E-state index >= 15 is 0 Å². The molecule has 0 saturated carbocycles. The fourth-order valence-electron chi connectivity index (χ4n) is 2.21. The molecule has 5 nitrogen and oxygen atoms in total. The fourth-order valence-corrected chi connectivity index (χ4v) is 2.21. The van der Waals surface area contributed by atoms with Crippen LogP contribution in [0.5, 0.6) is 0 Å². The van der Waals surface area contributed by atoms with Crippen LogP contribution >= 0.6 is 0 Å². The predicted molar refractivity (Wildman–Crippen MR) is 80.0 cm³/mol. The summed E-state index contributed by atoms with van der Waals surface area (Å²) >= 11 is 0. The van der Waals surface area contributed by atoms with Crippen LogP contribution in [-0.2, 0) is 11.3 Å². The van der Waals surface area contributed by atoms with Gasteiger partial charge in [-0.2, -0.15) is 5.10 Å². The van der Waals surface area contributed by atoms with E-state index in [9.17, 15) is 13.6 Å². The Bertz CT molecular complexity index is 822. The molecular weight excluding hydrogens is 290 g/mol. The van der Waals surface area contributed by atoms with E-state index in [1.807, 2.05) is 0 Å². The highest BCUT2D eigenvalue weighted by Gasteiger charge is 2.12. The van der Waals surface area contributed by atoms with E-state index in [2.05, 4.69) is 10.1 Å². The third-order valence-electron chi connectivity index (χ3n) is 3.25. The van der Waals surface area contributed by atoms with Crippen LogP contribution in [0.3, 0.4) is 0 Å². The third kappa shape index (κ3) is 2.83. The summed E-state index contributed by atoms with van der Waals surface area (Å²) < 4.78 is 28.1. The standard InChI is InChI=1S/C14H12F2N4O.CH4/c15-11-3-9-10(6-18-13(9)4-12(11)16)8-5-19-20(7-8)2-1-14(17)21;/h3-7,18H,1-2H2,(H2,17,21);1H4. The van der Waals surface area contributed by atoms with Crippen LogP contribution in [0.1, 0.15) is 13.8 Å². The highest BCUT2D eigenvalue weighted by molar-refractivity contribution is 5.95. The van der Waals surface area contributed by atoms with Gasteiger partial charge in [0.25, 0.3) is 0 Å². The number of nitrogens with one attached hydrogen (secondary N) is 1. The molecular formula is C15H16F2N4O. The maximum atomic E-state index is 13.4. The number of hydrogen-bond donors (Lipinski definition) is 2. The van der Waals surface area contributed by atoms with Gasteiger partial charge in [0.1, 0.15) is 0 Å². The van der Waals surface area contributed by atoms with E-state index in [4.69, 9.17) is 5.73 Å². The molecule has 1 amide bonds. The Morgan fingerprint density at radius 3 is 2.77 bits per heavy atom. The first-order valence-corrected chi connectivity index (χ1v) is 6.32. The lowest BCUT2D eigenvalue weighted by Crippen LogP contribution is -2.13. The quantitative estimate of drug-likeness (QED) is 0.777. The first kappa shape index (κ1) is 15.7. The molecule has 7 heteroatoms. The van der Waals surface area contributed by atoms with E-state index in [1.54, 1.807) is 23.3 Å². The van der Waals surface area contributed by atoms with Crippen molar-refractivity contribution in [3.63, 3.8) is 0 Å². The monoisotopic (exact) mass is 306 g/mol. The minimum atomic E-state index is -0.899. The van der Waals surface area contributed by atoms with Crippen molar-refractivity contribution >= 4 is 16.8 Å². The Kier molecular flexibility index (Phi) is 4.25. The molecule has 3 rings (SSSR count). The van der Waals surface area contributed by atoms with Gasteiger partial charge in [-0.25, -0.2) is 8.78 Å². The van der Waals surface area contributed by atoms with Crippen molar-refractivity contribution in [1.82, 2.24) is 14.8 Å². The van der Waals surface area contributed by atoms with Crippen molar-refractivity contribution in [3.05, 3.63) is 42.4 Å². The number of amides is 1. The Hall–Kier alpha value is -2.70. The molecule has 0 atom stereocenters. The van der Waals surface area contributed by atoms with Gasteiger partial charge >= 0.3 is 0 Å². The lowest BCUT2D eigenvalue weighted by molar-refractivity contribution is -0.118. The molecule has 0 bridgehead atoms. The number of benzene rings is 1. The average Bonchev–Trinajstić information content (AvgIpc) is 3.03. The first-order valence-electron chi connectivity index (χ1n) is 6.32. The average molecular weight is 306 g/mol. The van der Waals surface area contributed by atoms with Crippen molar-refractivity contribution in [1.29, 1.82) is 0 Å². The van der Waals surface area contributed by atoms with Gasteiger partial charge < -0.3 is 10.7 Å². The van der Waals surface area contributed by atoms with E-state index in [0.29, 0.717) is 23.0 Å². The Morgan fingerprint density at radius 1 is 1.32 bits per heavy atom. The molecule has 2 aromatic heterocycles. The predicted octanol–water partition coefficient (Wildman–Crippen LogP) is 2.82. The number of aromatic nitrogens is 3. The highest BCUT2D eigenvalue weighted by Crippen LogP contribution is 2.29. The van der Waals surface area contributed by atoms with Gasteiger partial charge in [0.15, 0.2) is 11.6 Å². The smallest absolute Gasteiger partial charge is 0.219 e. The summed E-state index contributed by atoms with van der Waals surface area (Å²) in [5, 5.41) is 4.69. The minimum absolute atomic E-state index is 0. The summed E-state index contributed by atoms with van der Waals surface area (Å²) in [6, 6.07) is 2.27. The molecule has 0 aliphatic carbocycles. The molecule has 0 radical (unpaired) electrons. The number of fused-ring (bicyclic) bond motifs is 1. The van der Waals surface area contributed by atoms with Crippen LogP contribution in [-0.4, -0.2) is 20.7 Å². The molecule has 0 unspecified atom stereocenters. The Morgan fingerprint density at radius 2 is 2.05 bits per heavy atom. The first-order chi connectivity index (χ1) is 10.0. The number of primary amides is 1. The number of rotatable bonds is 4. The molecule has 0 aliphatic heterocycles. The van der Waals surface area contributed by atoms with Crippen molar-refractivity contribution in [2.75, 3.05) is 0 Å². The van der Waals surface area contributed by atoms with Crippen molar-refractivity contribution in [2.45, 2.75) is 20.4 Å². The van der Waals surface area contributed by atoms with Crippen LogP contribution in [0.4, 0.5) is 8.78 Å². The molecule has 0 fully saturated rings. The van der Waals surface area contributed by atoms with Crippen LogP contribution in [0, 0.1) is 11.6 Å². The number of aryl methyl sites for hydroxylation is 1. The van der Waals surface area contributed by atoms with E-state index in [-0.39, 0.29) is 13.8 Å². The molecule has 1 aromatic carbocycles. The van der Waals surface area contributed by atoms with E-state index in [0.717, 1.165) is 17.7 Å². The van der Waals surface area contributed by atoms with E-state index < -0.39 is 17.5 Å². The summed E-state index contributed by atoms with van der Waals surface area (Å²) in [4.78, 5) is 13.6. The molecule has 0 aliphatic rings.